The number of allylic oxidation sites excluding steroid dienone is 2. The molecule has 1 radical (unpaired) electrons. The molecule has 0 saturated carbocycles. The minimum atomic E-state index is -0.533. The van der Waals surface area contributed by atoms with Crippen LogP contribution in [0.3, 0.4) is 0 Å². The summed E-state index contributed by atoms with van der Waals surface area (Å²) < 4.78 is 0. The van der Waals surface area contributed by atoms with Gasteiger partial charge in [0.05, 0.1) is 11.9 Å². The van der Waals surface area contributed by atoms with E-state index in [0.717, 1.165) is 5.06 Å². The Morgan fingerprint density at radius 2 is 2.43 bits per heavy atom. The summed E-state index contributed by atoms with van der Waals surface area (Å²) in [5.74, 6) is -0.743. The molecule has 0 aromatic heterocycles. The Morgan fingerprint density at radius 1 is 1.67 bits per heavy atom. The van der Waals surface area contributed by atoms with Gasteiger partial charge in [0.1, 0.15) is 0 Å². The summed E-state index contributed by atoms with van der Waals surface area (Å²) in [4.78, 5) is 26.2. The largest absolute Gasteiger partial charge is 0.381 e. The number of nitrogens with one attached hydrogen (secondary N) is 2. The summed E-state index contributed by atoms with van der Waals surface area (Å²) in [5, 5.41) is 15.1. The molecule has 113 valence electrons. The molecule has 2 heterocycles. The summed E-state index contributed by atoms with van der Waals surface area (Å²) in [6.45, 7) is 2.25. The van der Waals surface area contributed by atoms with Gasteiger partial charge in [-0.05, 0) is 28.9 Å². The van der Waals surface area contributed by atoms with Gasteiger partial charge in [-0.15, -0.1) is 0 Å². The molecule has 9 nitrogen and oxygen atoms in total. The van der Waals surface area contributed by atoms with Gasteiger partial charge in [0.25, 0.3) is 0 Å². The van der Waals surface area contributed by atoms with Crippen molar-refractivity contribution in [3.63, 3.8) is 0 Å². The van der Waals surface area contributed by atoms with Crippen LogP contribution in [0.15, 0.2) is 35.6 Å². The molecular formula is C12H16N5O4. The first kappa shape index (κ1) is 14.9. The van der Waals surface area contributed by atoms with Crippen LogP contribution in [0.4, 0.5) is 0 Å². The topological polar surface area (TPSA) is 123 Å². The van der Waals surface area contributed by atoms with Gasteiger partial charge in [0.15, 0.2) is 0 Å². The van der Waals surface area contributed by atoms with Crippen LogP contribution in [0.1, 0.15) is 13.3 Å². The van der Waals surface area contributed by atoms with Crippen molar-refractivity contribution in [2.75, 3.05) is 6.54 Å². The average Bonchev–Trinajstić information content (AvgIpc) is 2.92. The van der Waals surface area contributed by atoms with E-state index < -0.39 is 4.92 Å². The van der Waals surface area contributed by atoms with Gasteiger partial charge in [-0.3, -0.25) is 4.79 Å². The standard InChI is InChI=1S/C12H16N5O4/c1-8(12(13)18)3-2-6-14-9-4-5-11(17(19)20)16-10(9)7-15-21-16/h2,4-5,7-8,14-15H,3,6H2,1H3,(H2,13,18)/t8-/m0/s1. The summed E-state index contributed by atoms with van der Waals surface area (Å²) in [6.07, 6.45) is 6.91. The van der Waals surface area contributed by atoms with Crippen LogP contribution in [0.2, 0.25) is 0 Å². The van der Waals surface area contributed by atoms with Crippen LogP contribution in [-0.4, -0.2) is 22.4 Å². The highest BCUT2D eigenvalue weighted by Crippen LogP contribution is 2.26. The van der Waals surface area contributed by atoms with Crippen LogP contribution < -0.4 is 16.5 Å². The highest BCUT2D eigenvalue weighted by molar-refractivity contribution is 5.76. The lowest BCUT2D eigenvalue weighted by Gasteiger charge is -2.18. The molecule has 1 atom stereocenters. The lowest BCUT2D eigenvalue weighted by molar-refractivity contribution is -0.465. The second kappa shape index (κ2) is 6.27. The zero-order chi connectivity index (χ0) is 15.4. The highest BCUT2D eigenvalue weighted by atomic mass is 16.8. The molecular weight excluding hydrogens is 278 g/mol. The number of hydrogen-bond acceptors (Lipinski definition) is 7. The van der Waals surface area contributed by atoms with Crippen LogP contribution in [0, 0.1) is 22.5 Å². The molecule has 0 bridgehead atoms. The van der Waals surface area contributed by atoms with Crippen molar-refractivity contribution >= 4 is 5.91 Å². The van der Waals surface area contributed by atoms with E-state index in [1.165, 1.54) is 12.3 Å². The number of nitro groups is 1. The summed E-state index contributed by atoms with van der Waals surface area (Å²) in [7, 11) is 0. The number of primary amides is 1. The zero-order valence-electron chi connectivity index (χ0n) is 11.4. The summed E-state index contributed by atoms with van der Waals surface area (Å²) in [5.41, 5.74) is 8.83. The number of nitrogens with zero attached hydrogens (tertiary/aromatic N) is 2. The van der Waals surface area contributed by atoms with Crippen molar-refractivity contribution in [3.8, 4) is 0 Å². The first-order valence-corrected chi connectivity index (χ1v) is 6.35. The second-order valence-electron chi connectivity index (χ2n) is 4.60. The maximum atomic E-state index is 10.9. The number of fused-ring (bicyclic) bond motifs is 1. The smallest absolute Gasteiger partial charge is 0.355 e. The van der Waals surface area contributed by atoms with Crippen molar-refractivity contribution in [1.29, 1.82) is 0 Å². The van der Waals surface area contributed by atoms with Gasteiger partial charge in [-0.2, -0.15) is 0 Å². The quantitative estimate of drug-likeness (QED) is 0.340. The fraction of sp³-hybridized carbons (Fsp3) is 0.333. The Hall–Kier alpha value is -2.55. The van der Waals surface area contributed by atoms with Gasteiger partial charge < -0.3 is 21.2 Å². The van der Waals surface area contributed by atoms with Crippen molar-refractivity contribution in [2.24, 2.45) is 11.7 Å². The van der Waals surface area contributed by atoms with Gasteiger partial charge in [0.2, 0.25) is 11.6 Å². The van der Waals surface area contributed by atoms with Crippen molar-refractivity contribution in [1.82, 2.24) is 15.9 Å². The third kappa shape index (κ3) is 3.31. The SMILES string of the molecule is C[C@@H](C[CH]CNC1=CC=C([N+](=O)[O-])N2ONC=C12)C(N)=O. The predicted octanol–water partition coefficient (Wildman–Crippen LogP) is -0.0994. The molecule has 2 rings (SSSR count). The Labute approximate surface area is 121 Å². The first-order valence-electron chi connectivity index (χ1n) is 6.35. The van der Waals surface area contributed by atoms with E-state index in [2.05, 4.69) is 10.8 Å². The monoisotopic (exact) mass is 294 g/mol. The molecule has 9 heteroatoms. The molecule has 2 aliphatic rings. The number of carbonyl (C=O) groups is 1. The van der Waals surface area contributed by atoms with Gasteiger partial charge in [-0.25, -0.2) is 5.48 Å². The molecule has 4 N–H and O–H groups in total. The third-order valence-corrected chi connectivity index (χ3v) is 3.07. The fourth-order valence-corrected chi connectivity index (χ4v) is 1.83. The second-order valence-corrected chi connectivity index (χ2v) is 4.60. The van der Waals surface area contributed by atoms with E-state index in [1.807, 2.05) is 6.42 Å². The number of hydrogen-bond donors (Lipinski definition) is 3. The minimum Gasteiger partial charge on any atom is -0.381 e. The Kier molecular flexibility index (Phi) is 4.43. The normalized spacial score (nSPS) is 18.0. The molecule has 0 unspecified atom stereocenters. The summed E-state index contributed by atoms with van der Waals surface area (Å²) >= 11 is 0. The van der Waals surface area contributed by atoms with Crippen molar-refractivity contribution in [3.05, 3.63) is 52.1 Å². The molecule has 0 spiro atoms. The predicted molar refractivity (Wildman–Crippen MR) is 72.6 cm³/mol. The number of nitrogens with two attached hydrogens (primary N) is 1. The first-order chi connectivity index (χ1) is 10.0. The molecule has 1 amide bonds. The fourth-order valence-electron chi connectivity index (χ4n) is 1.83. The Bertz CT molecular complexity index is 540. The van der Waals surface area contributed by atoms with Gasteiger partial charge in [-0.1, -0.05) is 11.9 Å². The van der Waals surface area contributed by atoms with E-state index in [0.29, 0.717) is 24.4 Å². The molecule has 2 aliphatic heterocycles. The van der Waals surface area contributed by atoms with Crippen molar-refractivity contribution < 1.29 is 14.7 Å². The molecule has 0 aliphatic carbocycles. The van der Waals surface area contributed by atoms with Crippen molar-refractivity contribution in [2.45, 2.75) is 13.3 Å². The van der Waals surface area contributed by atoms with E-state index in [1.54, 1.807) is 13.0 Å². The molecule has 0 fully saturated rings. The van der Waals surface area contributed by atoms with E-state index in [9.17, 15) is 14.9 Å². The zero-order valence-corrected chi connectivity index (χ0v) is 11.4. The Morgan fingerprint density at radius 3 is 3.10 bits per heavy atom. The number of amides is 1. The maximum absolute atomic E-state index is 10.9. The molecule has 0 saturated heterocycles. The number of rotatable bonds is 7. The minimum absolute atomic E-state index is 0.178. The van der Waals surface area contributed by atoms with Gasteiger partial charge >= 0.3 is 5.82 Å². The van der Waals surface area contributed by atoms with E-state index in [-0.39, 0.29) is 17.6 Å². The summed E-state index contributed by atoms with van der Waals surface area (Å²) in [6, 6.07) is 0. The lowest BCUT2D eigenvalue weighted by atomic mass is 10.1. The lowest BCUT2D eigenvalue weighted by Crippen LogP contribution is -2.31. The van der Waals surface area contributed by atoms with Crippen LogP contribution in [-0.2, 0) is 9.73 Å². The maximum Gasteiger partial charge on any atom is 0.355 e. The van der Waals surface area contributed by atoms with Gasteiger partial charge in [0, 0.05) is 18.5 Å². The molecule has 0 aromatic rings. The third-order valence-electron chi connectivity index (χ3n) is 3.07. The number of carbonyl (C=O) groups excluding carboxylic acids is 1. The molecule has 0 aromatic carbocycles. The van der Waals surface area contributed by atoms with Crippen LogP contribution in [0.25, 0.3) is 0 Å². The van der Waals surface area contributed by atoms with Crippen LogP contribution >= 0.6 is 0 Å². The van der Waals surface area contributed by atoms with E-state index in [4.69, 9.17) is 10.7 Å². The number of hydroxylamine groups is 3. The van der Waals surface area contributed by atoms with E-state index >= 15 is 0 Å². The Balaban J connectivity index is 1.91. The highest BCUT2D eigenvalue weighted by Gasteiger charge is 2.37. The average molecular weight is 294 g/mol. The van der Waals surface area contributed by atoms with Crippen LogP contribution in [0.5, 0.6) is 0 Å². The molecule has 21 heavy (non-hydrogen) atoms.